The fourth-order valence-electron chi connectivity index (χ4n) is 3.04. The third-order valence-electron chi connectivity index (χ3n) is 4.35. The van der Waals surface area contributed by atoms with Crippen molar-refractivity contribution >= 4 is 5.97 Å². The van der Waals surface area contributed by atoms with Gasteiger partial charge < -0.3 is 9.47 Å². The Labute approximate surface area is 131 Å². The van der Waals surface area contributed by atoms with Crippen LogP contribution in [0.5, 0.6) is 0 Å². The van der Waals surface area contributed by atoms with Crippen LogP contribution in [0.3, 0.4) is 0 Å². The Hall–Kier alpha value is -1.75. The number of rotatable bonds is 6. The number of hydrogen-bond donors (Lipinski definition) is 0. The van der Waals surface area contributed by atoms with Crippen molar-refractivity contribution in [1.82, 2.24) is 0 Å². The van der Waals surface area contributed by atoms with E-state index in [0.717, 1.165) is 25.7 Å². The lowest BCUT2D eigenvalue weighted by molar-refractivity contribution is -0.144. The number of esters is 1. The first-order chi connectivity index (χ1) is 10.7. The largest absolute Gasteiger partial charge is 0.464 e. The molecule has 0 bridgehead atoms. The minimum atomic E-state index is -1.07. The van der Waals surface area contributed by atoms with Crippen LogP contribution in [0.4, 0.5) is 0 Å². The van der Waals surface area contributed by atoms with Gasteiger partial charge in [0.25, 0.3) is 0 Å². The van der Waals surface area contributed by atoms with Crippen LogP contribution < -0.4 is 0 Å². The van der Waals surface area contributed by atoms with Crippen LogP contribution in [0.15, 0.2) is 29.4 Å². The maximum Gasteiger partial charge on any atom is 0.339 e. The molecule has 1 aromatic rings. The lowest BCUT2D eigenvalue weighted by atomic mass is 9.82. The number of methoxy groups -OCH3 is 1. The Kier molecular flexibility index (Phi) is 6.07. The number of carbonyl (C=O) groups is 1. The minimum Gasteiger partial charge on any atom is -0.464 e. The van der Waals surface area contributed by atoms with Gasteiger partial charge in [-0.3, -0.25) is 0 Å². The number of ether oxygens (including phenoxy) is 2. The van der Waals surface area contributed by atoms with E-state index in [1.165, 1.54) is 5.56 Å². The van der Waals surface area contributed by atoms with Gasteiger partial charge in [-0.05, 0) is 54.8 Å². The van der Waals surface area contributed by atoms with E-state index in [4.69, 9.17) is 9.47 Å². The fourth-order valence-corrected chi connectivity index (χ4v) is 3.04. The monoisotopic (exact) mass is 305 g/mol. The maximum atomic E-state index is 11.7. The molecule has 1 atom stereocenters. The molecule has 22 heavy (non-hydrogen) atoms. The number of nitrogens with zero attached hydrogens (tertiary/aromatic N) is 1. The first kappa shape index (κ1) is 16.6. The van der Waals surface area contributed by atoms with E-state index in [1.807, 2.05) is 12.1 Å². The Morgan fingerprint density at radius 2 is 1.86 bits per heavy atom. The SMILES string of the molecule is CCOC(=O)C(N=O)c1ccc(C2CCC(OC)CC2)cc1. The molecule has 0 aromatic heterocycles. The summed E-state index contributed by atoms with van der Waals surface area (Å²) in [7, 11) is 1.77. The number of benzene rings is 1. The molecular weight excluding hydrogens is 282 g/mol. The molecule has 1 saturated carbocycles. The van der Waals surface area contributed by atoms with Gasteiger partial charge in [-0.1, -0.05) is 24.3 Å². The van der Waals surface area contributed by atoms with Gasteiger partial charge in [-0.2, -0.15) is 0 Å². The summed E-state index contributed by atoms with van der Waals surface area (Å²) in [6.45, 7) is 1.95. The van der Waals surface area contributed by atoms with Crippen molar-refractivity contribution in [2.45, 2.75) is 50.7 Å². The van der Waals surface area contributed by atoms with Crippen molar-refractivity contribution in [2.75, 3.05) is 13.7 Å². The van der Waals surface area contributed by atoms with Crippen molar-refractivity contribution < 1.29 is 14.3 Å². The zero-order valence-corrected chi connectivity index (χ0v) is 13.2. The van der Waals surface area contributed by atoms with Crippen LogP contribution in [0.2, 0.25) is 0 Å². The standard InChI is InChI=1S/C17H23NO4/c1-3-22-17(19)16(18-20)14-6-4-12(5-7-14)13-8-10-15(21-2)11-9-13/h4-7,13,15-16H,3,8-11H2,1-2H3. The van der Waals surface area contributed by atoms with E-state index in [2.05, 4.69) is 5.18 Å². The van der Waals surface area contributed by atoms with Crippen molar-refractivity contribution in [3.05, 3.63) is 40.3 Å². The Morgan fingerprint density at radius 1 is 1.23 bits per heavy atom. The molecule has 0 aliphatic heterocycles. The molecule has 1 unspecified atom stereocenters. The molecule has 0 amide bonds. The van der Waals surface area contributed by atoms with E-state index in [0.29, 0.717) is 17.6 Å². The molecule has 5 heteroatoms. The second-order valence-corrected chi connectivity index (χ2v) is 5.64. The Morgan fingerprint density at radius 3 is 2.36 bits per heavy atom. The summed E-state index contributed by atoms with van der Waals surface area (Å²) in [5.41, 5.74) is 1.83. The topological polar surface area (TPSA) is 65.0 Å². The van der Waals surface area contributed by atoms with Crippen molar-refractivity contribution in [3.63, 3.8) is 0 Å². The molecular formula is C17H23NO4. The van der Waals surface area contributed by atoms with Crippen LogP contribution in [0.1, 0.15) is 55.7 Å². The molecule has 1 aliphatic carbocycles. The highest BCUT2D eigenvalue weighted by Crippen LogP contribution is 2.34. The highest BCUT2D eigenvalue weighted by Gasteiger charge is 2.25. The summed E-state index contributed by atoms with van der Waals surface area (Å²) in [5, 5.41) is 2.90. The summed E-state index contributed by atoms with van der Waals surface area (Å²) in [6.07, 6.45) is 4.73. The Bertz CT molecular complexity index is 492. The fraction of sp³-hybridized carbons (Fsp3) is 0.588. The quantitative estimate of drug-likeness (QED) is 0.593. The average Bonchev–Trinajstić information content (AvgIpc) is 2.56. The van der Waals surface area contributed by atoms with Gasteiger partial charge >= 0.3 is 5.97 Å². The van der Waals surface area contributed by atoms with E-state index in [9.17, 15) is 9.70 Å². The number of carbonyl (C=O) groups excluding carboxylic acids is 1. The smallest absolute Gasteiger partial charge is 0.339 e. The van der Waals surface area contributed by atoms with Crippen LogP contribution in [-0.4, -0.2) is 25.8 Å². The van der Waals surface area contributed by atoms with Crippen LogP contribution in [0, 0.1) is 4.91 Å². The molecule has 0 saturated heterocycles. The van der Waals surface area contributed by atoms with Gasteiger partial charge in [0.2, 0.25) is 6.04 Å². The molecule has 120 valence electrons. The first-order valence-electron chi connectivity index (χ1n) is 7.81. The second kappa shape index (κ2) is 8.03. The third-order valence-corrected chi connectivity index (χ3v) is 4.35. The van der Waals surface area contributed by atoms with Gasteiger partial charge in [0.15, 0.2) is 0 Å². The van der Waals surface area contributed by atoms with Crippen molar-refractivity contribution in [2.24, 2.45) is 5.18 Å². The lowest BCUT2D eigenvalue weighted by Crippen LogP contribution is -2.19. The minimum absolute atomic E-state index is 0.242. The van der Waals surface area contributed by atoms with Gasteiger partial charge in [-0.15, -0.1) is 4.91 Å². The highest BCUT2D eigenvalue weighted by atomic mass is 16.5. The summed E-state index contributed by atoms with van der Waals surface area (Å²) >= 11 is 0. The Balaban J connectivity index is 2.03. The molecule has 1 aromatic carbocycles. The van der Waals surface area contributed by atoms with E-state index >= 15 is 0 Å². The lowest BCUT2D eigenvalue weighted by Gasteiger charge is -2.28. The molecule has 2 rings (SSSR count). The zero-order valence-electron chi connectivity index (χ0n) is 13.2. The molecule has 0 N–H and O–H groups in total. The summed E-state index contributed by atoms with van der Waals surface area (Å²) in [4.78, 5) is 22.6. The second-order valence-electron chi connectivity index (χ2n) is 5.64. The predicted octanol–water partition coefficient (Wildman–Crippen LogP) is 3.73. The van der Waals surface area contributed by atoms with E-state index in [-0.39, 0.29) is 6.61 Å². The van der Waals surface area contributed by atoms with E-state index < -0.39 is 12.0 Å². The maximum absolute atomic E-state index is 11.7. The number of hydrogen-bond acceptors (Lipinski definition) is 5. The summed E-state index contributed by atoms with van der Waals surface area (Å²) in [5.74, 6) is -0.0727. The zero-order chi connectivity index (χ0) is 15.9. The van der Waals surface area contributed by atoms with Crippen molar-refractivity contribution in [3.8, 4) is 0 Å². The normalized spacial score (nSPS) is 22.8. The van der Waals surface area contributed by atoms with E-state index in [1.54, 1.807) is 26.2 Å². The average molecular weight is 305 g/mol. The van der Waals surface area contributed by atoms with Gasteiger partial charge in [-0.25, -0.2) is 4.79 Å². The molecule has 1 fully saturated rings. The molecule has 0 spiro atoms. The predicted molar refractivity (Wildman–Crippen MR) is 83.6 cm³/mol. The van der Waals surface area contributed by atoms with Crippen LogP contribution in [-0.2, 0) is 14.3 Å². The van der Waals surface area contributed by atoms with Gasteiger partial charge in [0.1, 0.15) is 0 Å². The molecule has 1 aliphatic rings. The molecule has 0 heterocycles. The first-order valence-corrected chi connectivity index (χ1v) is 7.81. The molecule has 0 radical (unpaired) electrons. The summed E-state index contributed by atoms with van der Waals surface area (Å²) in [6, 6.07) is 6.52. The van der Waals surface area contributed by atoms with Crippen LogP contribution in [0.25, 0.3) is 0 Å². The van der Waals surface area contributed by atoms with Gasteiger partial charge in [0, 0.05) is 7.11 Å². The van der Waals surface area contributed by atoms with Crippen molar-refractivity contribution in [1.29, 1.82) is 0 Å². The molecule has 5 nitrogen and oxygen atoms in total. The highest BCUT2D eigenvalue weighted by molar-refractivity contribution is 5.77. The number of nitroso groups, excluding NO2 is 1. The summed E-state index contributed by atoms with van der Waals surface area (Å²) < 4.78 is 10.3. The van der Waals surface area contributed by atoms with Gasteiger partial charge in [0.05, 0.1) is 12.7 Å². The third kappa shape index (κ3) is 3.91. The van der Waals surface area contributed by atoms with Crippen LogP contribution >= 0.6 is 0 Å².